The zero-order chi connectivity index (χ0) is 10.0. The van der Waals surface area contributed by atoms with E-state index in [-0.39, 0.29) is 18.4 Å². The smallest absolute Gasteiger partial charge is 0.326 e. The Bertz CT molecular complexity index is 336. The van der Waals surface area contributed by atoms with Crippen molar-refractivity contribution >= 4 is 18.4 Å². The summed E-state index contributed by atoms with van der Waals surface area (Å²) in [5, 5.41) is 0. The van der Waals surface area contributed by atoms with Crippen LogP contribution in [-0.4, -0.2) is 11.5 Å². The van der Waals surface area contributed by atoms with Crippen LogP contribution in [-0.2, 0) is 16.1 Å². The maximum atomic E-state index is 11.4. The molecule has 0 amide bonds. The zero-order valence-electron chi connectivity index (χ0n) is 8.31. The Morgan fingerprint density at radius 3 is 2.47 bits per heavy atom. The molecule has 0 aliphatic heterocycles. The first-order valence-electron chi connectivity index (χ1n) is 4.71. The zero-order valence-corrected chi connectivity index (χ0v) is 9.13. The summed E-state index contributed by atoms with van der Waals surface area (Å²) in [6.45, 7) is 0.318. The molecule has 0 aromatic heterocycles. The lowest BCUT2D eigenvalue weighted by Crippen LogP contribution is -2.34. The molecule has 1 saturated carbocycles. The molecule has 0 radical (unpaired) electrons. The van der Waals surface area contributed by atoms with E-state index >= 15 is 0 Å². The quantitative estimate of drug-likeness (QED) is 0.799. The number of hydrogen-bond donors (Lipinski definition) is 1. The van der Waals surface area contributed by atoms with E-state index < -0.39 is 5.54 Å². The van der Waals surface area contributed by atoms with Gasteiger partial charge < -0.3 is 10.5 Å². The SMILES string of the molecule is Cl.NC1(C(=O)OCc2ccccc2)CC1. The van der Waals surface area contributed by atoms with Crippen molar-refractivity contribution in [2.24, 2.45) is 5.73 Å². The van der Waals surface area contributed by atoms with Crippen LogP contribution in [0.3, 0.4) is 0 Å². The van der Waals surface area contributed by atoms with Gasteiger partial charge in [0, 0.05) is 0 Å². The van der Waals surface area contributed by atoms with Gasteiger partial charge in [0.25, 0.3) is 0 Å². The minimum absolute atomic E-state index is 0. The second kappa shape index (κ2) is 4.64. The lowest BCUT2D eigenvalue weighted by molar-refractivity contribution is -0.147. The van der Waals surface area contributed by atoms with Crippen molar-refractivity contribution in [3.63, 3.8) is 0 Å². The van der Waals surface area contributed by atoms with Crippen molar-refractivity contribution < 1.29 is 9.53 Å². The van der Waals surface area contributed by atoms with Crippen LogP contribution in [0.5, 0.6) is 0 Å². The Morgan fingerprint density at radius 2 is 1.93 bits per heavy atom. The van der Waals surface area contributed by atoms with E-state index in [1.807, 2.05) is 30.3 Å². The van der Waals surface area contributed by atoms with Gasteiger partial charge in [-0.25, -0.2) is 0 Å². The van der Waals surface area contributed by atoms with Gasteiger partial charge in [-0.1, -0.05) is 30.3 Å². The molecule has 0 spiro atoms. The molecule has 3 nitrogen and oxygen atoms in total. The first kappa shape index (κ1) is 12.0. The highest BCUT2D eigenvalue weighted by Gasteiger charge is 2.47. The summed E-state index contributed by atoms with van der Waals surface area (Å²) in [6.07, 6.45) is 1.50. The molecule has 1 aromatic rings. The molecule has 2 rings (SSSR count). The summed E-state index contributed by atoms with van der Waals surface area (Å²) in [7, 11) is 0. The van der Waals surface area contributed by atoms with E-state index in [0.717, 1.165) is 18.4 Å². The van der Waals surface area contributed by atoms with Gasteiger partial charge in [0.15, 0.2) is 0 Å². The van der Waals surface area contributed by atoms with Crippen LogP contribution in [0, 0.1) is 0 Å². The Balaban J connectivity index is 0.00000112. The average Bonchev–Trinajstić information content (AvgIpc) is 2.96. The normalized spacial score (nSPS) is 16.3. The van der Waals surface area contributed by atoms with Gasteiger partial charge in [-0.3, -0.25) is 4.79 Å². The van der Waals surface area contributed by atoms with Gasteiger partial charge in [0.2, 0.25) is 0 Å². The van der Waals surface area contributed by atoms with Gasteiger partial charge in [-0.05, 0) is 18.4 Å². The summed E-state index contributed by atoms with van der Waals surface area (Å²) in [6, 6.07) is 9.60. The summed E-state index contributed by atoms with van der Waals surface area (Å²) in [5.74, 6) is -0.277. The molecule has 4 heteroatoms. The highest BCUT2D eigenvalue weighted by atomic mass is 35.5. The van der Waals surface area contributed by atoms with E-state index in [2.05, 4.69) is 0 Å². The van der Waals surface area contributed by atoms with E-state index in [0.29, 0.717) is 6.61 Å². The first-order valence-corrected chi connectivity index (χ1v) is 4.71. The fourth-order valence-corrected chi connectivity index (χ4v) is 1.21. The third kappa shape index (κ3) is 2.94. The second-order valence-electron chi connectivity index (χ2n) is 3.72. The van der Waals surface area contributed by atoms with Crippen molar-refractivity contribution in [3.05, 3.63) is 35.9 Å². The van der Waals surface area contributed by atoms with Crippen LogP contribution in [0.2, 0.25) is 0 Å². The fraction of sp³-hybridized carbons (Fsp3) is 0.364. The van der Waals surface area contributed by atoms with Gasteiger partial charge in [-0.15, -0.1) is 12.4 Å². The maximum absolute atomic E-state index is 11.4. The molecule has 1 aliphatic carbocycles. The Labute approximate surface area is 95.0 Å². The molecule has 1 fully saturated rings. The number of rotatable bonds is 3. The number of nitrogens with two attached hydrogens (primary N) is 1. The molecule has 0 unspecified atom stereocenters. The van der Waals surface area contributed by atoms with Gasteiger partial charge >= 0.3 is 5.97 Å². The number of benzene rings is 1. The Hall–Kier alpha value is -1.06. The predicted octanol–water partition coefficient (Wildman–Crippen LogP) is 1.64. The average molecular weight is 228 g/mol. The van der Waals surface area contributed by atoms with Crippen LogP contribution in [0.15, 0.2) is 30.3 Å². The van der Waals surface area contributed by atoms with Crippen LogP contribution in [0.1, 0.15) is 18.4 Å². The molecule has 1 aliphatic rings. The van der Waals surface area contributed by atoms with Gasteiger partial charge in [0.05, 0.1) is 0 Å². The molecule has 15 heavy (non-hydrogen) atoms. The van der Waals surface area contributed by atoms with Crippen molar-refractivity contribution in [1.29, 1.82) is 0 Å². The number of carbonyl (C=O) groups excluding carboxylic acids is 1. The monoisotopic (exact) mass is 227 g/mol. The highest BCUT2D eigenvalue weighted by Crippen LogP contribution is 2.33. The lowest BCUT2D eigenvalue weighted by Gasteiger charge is -2.08. The first-order chi connectivity index (χ1) is 6.71. The molecule has 0 atom stereocenters. The molecule has 0 heterocycles. The van der Waals surface area contributed by atoms with Gasteiger partial charge in [-0.2, -0.15) is 0 Å². The number of ether oxygens (including phenoxy) is 1. The van der Waals surface area contributed by atoms with E-state index in [1.54, 1.807) is 0 Å². The van der Waals surface area contributed by atoms with E-state index in [4.69, 9.17) is 10.5 Å². The topological polar surface area (TPSA) is 52.3 Å². The number of halogens is 1. The number of hydrogen-bond acceptors (Lipinski definition) is 3. The molecule has 82 valence electrons. The molecule has 0 saturated heterocycles. The van der Waals surface area contributed by atoms with Crippen LogP contribution in [0.25, 0.3) is 0 Å². The molecule has 0 bridgehead atoms. The molecular weight excluding hydrogens is 214 g/mol. The van der Waals surface area contributed by atoms with Crippen molar-refractivity contribution in [2.45, 2.75) is 25.0 Å². The summed E-state index contributed by atoms with van der Waals surface area (Å²) in [4.78, 5) is 11.4. The summed E-state index contributed by atoms with van der Waals surface area (Å²) >= 11 is 0. The number of esters is 1. The summed E-state index contributed by atoms with van der Waals surface area (Å²) in [5.41, 5.74) is 6.00. The van der Waals surface area contributed by atoms with Crippen molar-refractivity contribution in [3.8, 4) is 0 Å². The molecule has 1 aromatic carbocycles. The number of carbonyl (C=O) groups is 1. The van der Waals surface area contributed by atoms with Crippen LogP contribution < -0.4 is 5.73 Å². The predicted molar refractivity (Wildman–Crippen MR) is 59.6 cm³/mol. The van der Waals surface area contributed by atoms with Crippen molar-refractivity contribution in [1.82, 2.24) is 0 Å². The maximum Gasteiger partial charge on any atom is 0.326 e. The fourth-order valence-electron chi connectivity index (χ4n) is 1.21. The molecule has 2 N–H and O–H groups in total. The van der Waals surface area contributed by atoms with E-state index in [1.165, 1.54) is 0 Å². The third-order valence-corrected chi connectivity index (χ3v) is 2.41. The van der Waals surface area contributed by atoms with Crippen LogP contribution in [0.4, 0.5) is 0 Å². The lowest BCUT2D eigenvalue weighted by atomic mass is 10.2. The van der Waals surface area contributed by atoms with Gasteiger partial charge in [0.1, 0.15) is 12.1 Å². The van der Waals surface area contributed by atoms with E-state index in [9.17, 15) is 4.79 Å². The molecular formula is C11H14ClNO2. The van der Waals surface area contributed by atoms with Crippen LogP contribution >= 0.6 is 12.4 Å². The standard InChI is InChI=1S/C11H13NO2.ClH/c12-11(6-7-11)10(13)14-8-9-4-2-1-3-5-9;/h1-5H,6-8,12H2;1H. The minimum atomic E-state index is -0.672. The minimum Gasteiger partial charge on any atom is -0.459 e. The van der Waals surface area contributed by atoms with Crippen molar-refractivity contribution in [2.75, 3.05) is 0 Å². The third-order valence-electron chi connectivity index (χ3n) is 2.41. The second-order valence-corrected chi connectivity index (χ2v) is 3.72. The largest absolute Gasteiger partial charge is 0.459 e. The Morgan fingerprint density at radius 1 is 1.33 bits per heavy atom. The highest BCUT2D eigenvalue weighted by molar-refractivity contribution is 5.85. The summed E-state index contributed by atoms with van der Waals surface area (Å²) < 4.78 is 5.09. The Kier molecular flexibility index (Phi) is 3.72.